The zero-order valence-electron chi connectivity index (χ0n) is 16.2. The Morgan fingerprint density at radius 1 is 1.19 bits per heavy atom. The van der Waals surface area contributed by atoms with Crippen LogP contribution in [0.15, 0.2) is 30.3 Å². The molecule has 5 nitrogen and oxygen atoms in total. The summed E-state index contributed by atoms with van der Waals surface area (Å²) in [6.07, 6.45) is 3.31. The highest BCUT2D eigenvalue weighted by Gasteiger charge is 2.55. The number of hydrogen-bond donors (Lipinski definition) is 1. The maximum atomic E-state index is 13.5. The van der Waals surface area contributed by atoms with Gasteiger partial charge in [-0.05, 0) is 50.8 Å². The van der Waals surface area contributed by atoms with Crippen molar-refractivity contribution >= 4 is 5.91 Å². The number of nitrogens with zero attached hydrogens (tertiary/aromatic N) is 3. The van der Waals surface area contributed by atoms with Crippen LogP contribution in [0, 0.1) is 12.8 Å². The van der Waals surface area contributed by atoms with Gasteiger partial charge >= 0.3 is 0 Å². The first-order chi connectivity index (χ1) is 13.2. The Kier molecular flexibility index (Phi) is 4.08. The predicted octanol–water partition coefficient (Wildman–Crippen LogP) is 2.98. The van der Waals surface area contributed by atoms with Gasteiger partial charge in [-0.2, -0.15) is 5.10 Å². The van der Waals surface area contributed by atoms with Gasteiger partial charge in [-0.1, -0.05) is 37.3 Å². The Hall–Kier alpha value is -2.14. The molecule has 27 heavy (non-hydrogen) atoms. The number of nitrogens with one attached hydrogen (secondary N) is 1. The molecular formula is C22H28N4O. The van der Waals surface area contributed by atoms with Gasteiger partial charge in [0, 0.05) is 29.8 Å². The molecule has 0 saturated carbocycles. The van der Waals surface area contributed by atoms with E-state index in [1.54, 1.807) is 0 Å². The highest BCUT2D eigenvalue weighted by atomic mass is 16.2. The van der Waals surface area contributed by atoms with Gasteiger partial charge in [0.2, 0.25) is 0 Å². The highest BCUT2D eigenvalue weighted by molar-refractivity contribution is 5.94. The maximum Gasteiger partial charge on any atom is 0.274 e. The molecule has 1 aromatic carbocycles. The molecule has 0 radical (unpaired) electrons. The van der Waals surface area contributed by atoms with Gasteiger partial charge < -0.3 is 4.90 Å². The summed E-state index contributed by atoms with van der Waals surface area (Å²) in [6.45, 7) is 7.28. The molecule has 6 rings (SSSR count). The molecule has 2 bridgehead atoms. The lowest BCUT2D eigenvalue weighted by Gasteiger charge is -2.51. The minimum Gasteiger partial charge on any atom is -0.332 e. The van der Waals surface area contributed by atoms with Crippen LogP contribution in [0.25, 0.3) is 0 Å². The van der Waals surface area contributed by atoms with E-state index in [4.69, 9.17) is 0 Å². The zero-order chi connectivity index (χ0) is 18.5. The first-order valence-corrected chi connectivity index (χ1v) is 10.3. The van der Waals surface area contributed by atoms with Crippen molar-refractivity contribution in [2.75, 3.05) is 19.6 Å². The highest BCUT2D eigenvalue weighted by Crippen LogP contribution is 2.46. The number of likely N-dealkylation sites (tertiary alicyclic amines) is 1. The molecule has 4 aliphatic heterocycles. The third-order valence-corrected chi connectivity index (χ3v) is 7.15. The lowest BCUT2D eigenvalue weighted by Crippen LogP contribution is -2.60. The van der Waals surface area contributed by atoms with Gasteiger partial charge in [-0.15, -0.1) is 0 Å². The monoisotopic (exact) mass is 364 g/mol. The van der Waals surface area contributed by atoms with Crippen LogP contribution >= 0.6 is 0 Å². The van der Waals surface area contributed by atoms with Crippen LogP contribution in [-0.2, 0) is 6.42 Å². The van der Waals surface area contributed by atoms with Crippen molar-refractivity contribution in [1.82, 2.24) is 20.0 Å². The van der Waals surface area contributed by atoms with Crippen molar-refractivity contribution in [3.63, 3.8) is 0 Å². The topological polar surface area (TPSA) is 52.2 Å². The molecule has 1 N–H and O–H groups in total. The van der Waals surface area contributed by atoms with Gasteiger partial charge in [0.1, 0.15) is 0 Å². The Labute approximate surface area is 160 Å². The van der Waals surface area contributed by atoms with Crippen LogP contribution in [0.2, 0.25) is 0 Å². The third kappa shape index (κ3) is 2.55. The molecule has 4 saturated heterocycles. The molecule has 3 atom stereocenters. The average molecular weight is 364 g/mol. The number of aromatic nitrogens is 2. The number of aryl methyl sites for hydroxylation is 1. The van der Waals surface area contributed by atoms with E-state index in [1.807, 2.05) is 6.92 Å². The fraction of sp³-hybridized carbons (Fsp3) is 0.545. The largest absolute Gasteiger partial charge is 0.332 e. The third-order valence-electron chi connectivity index (χ3n) is 7.15. The Morgan fingerprint density at radius 2 is 1.93 bits per heavy atom. The molecule has 4 aliphatic rings. The standard InChI is InChI=1S/C22H28N4O/c1-3-18-14(2)19(24-23-18)22(27)26-13-17(15-7-5-4-6-8-15)21-20(26)16-9-11-25(21)12-10-16/h4-8,16-17,20-21H,3,9-13H2,1-2H3,(H,23,24)/t17-,20+,21+/m0/s1. The van der Waals surface area contributed by atoms with E-state index < -0.39 is 0 Å². The maximum absolute atomic E-state index is 13.5. The number of aromatic amines is 1. The summed E-state index contributed by atoms with van der Waals surface area (Å²) < 4.78 is 0. The molecule has 2 aromatic rings. The number of amides is 1. The Balaban J connectivity index is 1.52. The molecule has 0 unspecified atom stereocenters. The number of rotatable bonds is 3. The number of H-pyrrole nitrogens is 1. The lowest BCUT2D eigenvalue weighted by atomic mass is 9.75. The Bertz CT molecular complexity index is 837. The van der Waals surface area contributed by atoms with Gasteiger partial charge in [0.25, 0.3) is 5.91 Å². The minimum absolute atomic E-state index is 0.116. The quantitative estimate of drug-likeness (QED) is 0.911. The minimum atomic E-state index is 0.116. The number of hydrogen-bond acceptors (Lipinski definition) is 3. The van der Waals surface area contributed by atoms with Gasteiger partial charge in [-0.3, -0.25) is 14.8 Å². The molecule has 4 fully saturated rings. The summed E-state index contributed by atoms with van der Waals surface area (Å²) in [7, 11) is 0. The summed E-state index contributed by atoms with van der Waals surface area (Å²) in [4.78, 5) is 18.3. The van der Waals surface area contributed by atoms with E-state index in [0.29, 0.717) is 29.6 Å². The van der Waals surface area contributed by atoms with Crippen LogP contribution in [-0.4, -0.2) is 57.6 Å². The SMILES string of the molecule is CCc1[nH]nc(C(=O)N2C[C@@H](c3ccccc3)[C@@H]3[C@H]2C2CCN3CC2)c1C. The fourth-order valence-electron chi connectivity index (χ4n) is 5.77. The molecule has 142 valence electrons. The second-order valence-corrected chi connectivity index (χ2v) is 8.36. The fourth-order valence-corrected chi connectivity index (χ4v) is 5.77. The van der Waals surface area contributed by atoms with Crippen molar-refractivity contribution in [2.45, 2.75) is 51.1 Å². The molecule has 0 spiro atoms. The van der Waals surface area contributed by atoms with Gasteiger partial charge in [0.15, 0.2) is 5.69 Å². The molecule has 0 aliphatic carbocycles. The van der Waals surface area contributed by atoms with Gasteiger partial charge in [0.05, 0.1) is 6.04 Å². The van der Waals surface area contributed by atoms with E-state index in [1.165, 1.54) is 31.5 Å². The van der Waals surface area contributed by atoms with E-state index in [9.17, 15) is 4.79 Å². The van der Waals surface area contributed by atoms with Crippen molar-refractivity contribution in [1.29, 1.82) is 0 Å². The summed E-state index contributed by atoms with van der Waals surface area (Å²) >= 11 is 0. The van der Waals surface area contributed by atoms with Crippen molar-refractivity contribution in [3.05, 3.63) is 52.8 Å². The number of carbonyl (C=O) groups excluding carboxylic acids is 1. The molecular weight excluding hydrogens is 336 g/mol. The molecule has 5 heterocycles. The second kappa shape index (κ2) is 6.48. The van der Waals surface area contributed by atoms with Crippen LogP contribution in [0.5, 0.6) is 0 Å². The molecule has 1 aromatic heterocycles. The number of benzene rings is 1. The average Bonchev–Trinajstić information content (AvgIpc) is 3.31. The lowest BCUT2D eigenvalue weighted by molar-refractivity contribution is -0.00360. The van der Waals surface area contributed by atoms with E-state index >= 15 is 0 Å². The van der Waals surface area contributed by atoms with Crippen LogP contribution in [0.3, 0.4) is 0 Å². The second-order valence-electron chi connectivity index (χ2n) is 8.36. The van der Waals surface area contributed by atoms with Gasteiger partial charge in [-0.25, -0.2) is 0 Å². The molecule has 1 amide bonds. The van der Waals surface area contributed by atoms with Crippen LogP contribution in [0.4, 0.5) is 0 Å². The summed E-state index contributed by atoms with van der Waals surface area (Å²) in [5.74, 6) is 1.14. The molecule has 5 heteroatoms. The number of fused-ring (bicyclic) bond motifs is 2. The Morgan fingerprint density at radius 3 is 2.59 bits per heavy atom. The summed E-state index contributed by atoms with van der Waals surface area (Å²) in [6, 6.07) is 11.6. The van der Waals surface area contributed by atoms with E-state index in [0.717, 1.165) is 24.2 Å². The summed E-state index contributed by atoms with van der Waals surface area (Å²) in [5, 5.41) is 7.47. The predicted molar refractivity (Wildman–Crippen MR) is 105 cm³/mol. The zero-order valence-corrected chi connectivity index (χ0v) is 16.2. The van der Waals surface area contributed by atoms with Crippen molar-refractivity contribution < 1.29 is 4.79 Å². The van der Waals surface area contributed by atoms with E-state index in [-0.39, 0.29) is 5.91 Å². The first kappa shape index (κ1) is 17.0. The normalized spacial score (nSPS) is 31.9. The van der Waals surface area contributed by atoms with Crippen molar-refractivity contribution in [3.8, 4) is 0 Å². The smallest absolute Gasteiger partial charge is 0.274 e. The van der Waals surface area contributed by atoms with Crippen molar-refractivity contribution in [2.24, 2.45) is 5.92 Å². The number of carbonyl (C=O) groups is 1. The van der Waals surface area contributed by atoms with Crippen LogP contribution in [0.1, 0.15) is 53.0 Å². The van der Waals surface area contributed by atoms with E-state index in [2.05, 4.69) is 57.3 Å². The van der Waals surface area contributed by atoms with Crippen LogP contribution < -0.4 is 0 Å². The summed E-state index contributed by atoms with van der Waals surface area (Å²) in [5.41, 5.74) is 4.07. The number of piperidine rings is 3. The first-order valence-electron chi connectivity index (χ1n) is 10.3.